The van der Waals surface area contributed by atoms with Crippen molar-refractivity contribution >= 4 is 11.7 Å². The Hall–Kier alpha value is -3.66. The number of carbonyl (C=O) groups is 1. The van der Waals surface area contributed by atoms with Crippen LogP contribution in [0.2, 0.25) is 0 Å². The maximum absolute atomic E-state index is 13.5. The molecule has 0 amide bonds. The highest BCUT2D eigenvalue weighted by Crippen LogP contribution is 2.43. The van der Waals surface area contributed by atoms with Crippen molar-refractivity contribution in [3.63, 3.8) is 0 Å². The predicted octanol–water partition coefficient (Wildman–Crippen LogP) is 7.06. The number of ether oxygens (including phenoxy) is 2. The van der Waals surface area contributed by atoms with Crippen molar-refractivity contribution in [2.45, 2.75) is 72.5 Å². The highest BCUT2D eigenvalue weighted by atomic mass is 19.2. The average Bonchev–Trinajstić information content (AvgIpc) is 2.90. The summed E-state index contributed by atoms with van der Waals surface area (Å²) < 4.78 is 52.1. The molecule has 1 atom stereocenters. The number of hydrogen-bond acceptors (Lipinski definition) is 6. The van der Waals surface area contributed by atoms with Gasteiger partial charge in [0.05, 0.1) is 29.8 Å². The number of carboxylic acid groups (broad SMARTS) is 1. The molecule has 0 bridgehead atoms. The average molecular weight is 586 g/mol. The molecule has 7 nitrogen and oxygen atoms in total. The van der Waals surface area contributed by atoms with E-state index in [9.17, 15) is 23.1 Å². The van der Waals surface area contributed by atoms with Crippen LogP contribution in [0, 0.1) is 29.8 Å². The zero-order valence-electron chi connectivity index (χ0n) is 24.9. The lowest BCUT2D eigenvalue weighted by molar-refractivity contribution is -0.160. The van der Waals surface area contributed by atoms with Crippen molar-refractivity contribution in [1.82, 2.24) is 9.97 Å². The molecule has 4 rings (SSSR count). The topological polar surface area (TPSA) is 84.8 Å². The Morgan fingerprint density at radius 1 is 1.07 bits per heavy atom. The van der Waals surface area contributed by atoms with E-state index in [4.69, 9.17) is 9.47 Å². The van der Waals surface area contributed by atoms with E-state index in [-0.39, 0.29) is 24.0 Å². The van der Waals surface area contributed by atoms with Gasteiger partial charge in [-0.05, 0) is 75.8 Å². The number of piperidine rings is 1. The minimum atomic E-state index is -1.50. The second-order valence-corrected chi connectivity index (χ2v) is 12.5. The molecule has 10 heteroatoms. The van der Waals surface area contributed by atoms with E-state index >= 15 is 0 Å². The van der Waals surface area contributed by atoms with Gasteiger partial charge in [0.2, 0.25) is 0 Å². The van der Waals surface area contributed by atoms with Gasteiger partial charge in [-0.1, -0.05) is 13.8 Å². The number of rotatable bonds is 9. The monoisotopic (exact) mass is 585 g/mol. The van der Waals surface area contributed by atoms with Crippen LogP contribution in [0.1, 0.15) is 70.4 Å². The standard InChI is InChI=1S/C32H38F3N3O4/c1-19-26(29(30(39)40)42-31(2,3)4)28(38-12-10-32(5,6)11-13-38)22(18-36-19)25-8-7-21(17-37-25)41-14-9-20-15-23(33)27(35)24(34)16-20/h7-8,15-18,29H,9-14H2,1-6H3,(H,39,40). The van der Waals surface area contributed by atoms with Gasteiger partial charge in [0.15, 0.2) is 23.6 Å². The number of halogens is 3. The van der Waals surface area contributed by atoms with Crippen molar-refractivity contribution < 1.29 is 32.5 Å². The van der Waals surface area contributed by atoms with Gasteiger partial charge in [-0.3, -0.25) is 9.97 Å². The summed E-state index contributed by atoms with van der Waals surface area (Å²) in [6.45, 7) is 13.3. The summed E-state index contributed by atoms with van der Waals surface area (Å²) in [5.74, 6) is -4.65. The molecule has 42 heavy (non-hydrogen) atoms. The van der Waals surface area contributed by atoms with Gasteiger partial charge in [0.25, 0.3) is 0 Å². The van der Waals surface area contributed by atoms with Gasteiger partial charge < -0.3 is 19.5 Å². The third-order valence-corrected chi connectivity index (χ3v) is 7.39. The highest BCUT2D eigenvalue weighted by molar-refractivity contribution is 5.85. The zero-order valence-corrected chi connectivity index (χ0v) is 24.9. The first-order valence-corrected chi connectivity index (χ1v) is 14.0. The number of aliphatic carboxylic acids is 1. The van der Waals surface area contributed by atoms with E-state index in [2.05, 4.69) is 28.7 Å². The Bertz CT molecular complexity index is 1410. The maximum Gasteiger partial charge on any atom is 0.337 e. The summed E-state index contributed by atoms with van der Waals surface area (Å²) in [5.41, 5.74) is 2.83. The molecule has 0 saturated carbocycles. The van der Waals surface area contributed by atoms with Crippen LogP contribution in [-0.4, -0.2) is 46.3 Å². The van der Waals surface area contributed by atoms with Gasteiger partial charge in [-0.2, -0.15) is 0 Å². The number of aromatic nitrogens is 2. The van der Waals surface area contributed by atoms with Crippen molar-refractivity contribution in [2.24, 2.45) is 5.41 Å². The Morgan fingerprint density at radius 2 is 1.71 bits per heavy atom. The second kappa shape index (κ2) is 12.3. The number of benzene rings is 1. The fourth-order valence-corrected chi connectivity index (χ4v) is 5.04. The summed E-state index contributed by atoms with van der Waals surface area (Å²) in [5, 5.41) is 10.3. The minimum absolute atomic E-state index is 0.0982. The van der Waals surface area contributed by atoms with Crippen LogP contribution in [0.15, 0.2) is 36.7 Å². The van der Waals surface area contributed by atoms with Crippen LogP contribution in [0.4, 0.5) is 18.9 Å². The van der Waals surface area contributed by atoms with Crippen molar-refractivity contribution in [2.75, 3.05) is 24.6 Å². The number of aryl methyl sites for hydroxylation is 1. The van der Waals surface area contributed by atoms with Crippen molar-refractivity contribution in [3.05, 3.63) is 70.9 Å². The molecule has 1 N–H and O–H groups in total. The second-order valence-electron chi connectivity index (χ2n) is 12.5. The van der Waals surface area contributed by atoms with Gasteiger partial charge in [-0.25, -0.2) is 18.0 Å². The van der Waals surface area contributed by atoms with Crippen LogP contribution < -0.4 is 9.64 Å². The van der Waals surface area contributed by atoms with Gasteiger partial charge in [0, 0.05) is 42.5 Å². The lowest BCUT2D eigenvalue weighted by Crippen LogP contribution is -2.39. The van der Waals surface area contributed by atoms with Gasteiger partial charge >= 0.3 is 5.97 Å². The maximum atomic E-state index is 13.5. The number of hydrogen-bond donors (Lipinski definition) is 1. The number of nitrogens with zero attached hydrogens (tertiary/aromatic N) is 3. The molecule has 1 aromatic carbocycles. The third-order valence-electron chi connectivity index (χ3n) is 7.39. The van der Waals surface area contributed by atoms with E-state index in [1.54, 1.807) is 25.3 Å². The summed E-state index contributed by atoms with van der Waals surface area (Å²) in [6.07, 6.45) is 4.06. The molecule has 226 valence electrons. The van der Waals surface area contributed by atoms with Crippen LogP contribution >= 0.6 is 0 Å². The molecule has 1 unspecified atom stereocenters. The number of carboxylic acids is 1. The fraction of sp³-hybridized carbons (Fsp3) is 0.469. The molecular weight excluding hydrogens is 547 g/mol. The van der Waals surface area contributed by atoms with E-state index in [0.717, 1.165) is 43.8 Å². The third kappa shape index (κ3) is 7.40. The summed E-state index contributed by atoms with van der Waals surface area (Å²) >= 11 is 0. The molecule has 0 radical (unpaired) electrons. The molecular formula is C32H38F3N3O4. The van der Waals surface area contributed by atoms with E-state index < -0.39 is 35.1 Å². The molecule has 0 spiro atoms. The molecule has 1 aliphatic heterocycles. The Morgan fingerprint density at radius 3 is 2.26 bits per heavy atom. The van der Waals surface area contributed by atoms with Crippen molar-refractivity contribution in [3.8, 4) is 17.0 Å². The van der Waals surface area contributed by atoms with Crippen molar-refractivity contribution in [1.29, 1.82) is 0 Å². The highest BCUT2D eigenvalue weighted by Gasteiger charge is 2.36. The lowest BCUT2D eigenvalue weighted by atomic mass is 9.82. The summed E-state index contributed by atoms with van der Waals surface area (Å²) in [7, 11) is 0. The lowest BCUT2D eigenvalue weighted by Gasteiger charge is -2.40. The molecule has 2 aromatic heterocycles. The smallest absolute Gasteiger partial charge is 0.337 e. The van der Waals surface area contributed by atoms with Gasteiger partial charge in [-0.15, -0.1) is 0 Å². The normalized spacial score (nSPS) is 15.9. The first kappa shape index (κ1) is 31.3. The number of pyridine rings is 2. The Labute approximate surface area is 244 Å². The first-order valence-electron chi connectivity index (χ1n) is 14.0. The van der Waals surface area contributed by atoms with Crippen LogP contribution in [0.3, 0.4) is 0 Å². The molecule has 0 aliphatic carbocycles. The SMILES string of the molecule is Cc1ncc(-c2ccc(OCCc3cc(F)c(F)c(F)c3)cn2)c(N2CCC(C)(C)CC2)c1C(OC(C)(C)C)C(=O)O. The fourth-order valence-electron chi connectivity index (χ4n) is 5.04. The van der Waals surface area contributed by atoms with E-state index in [1.807, 2.05) is 20.8 Å². The largest absolute Gasteiger partial charge is 0.492 e. The van der Waals surface area contributed by atoms with E-state index in [1.165, 1.54) is 6.20 Å². The quantitative estimate of drug-likeness (QED) is 0.269. The predicted molar refractivity (Wildman–Crippen MR) is 154 cm³/mol. The summed E-state index contributed by atoms with van der Waals surface area (Å²) in [4.78, 5) is 23.9. The zero-order chi connectivity index (χ0) is 30.8. The Kier molecular flexibility index (Phi) is 9.15. The first-order chi connectivity index (χ1) is 19.6. The van der Waals surface area contributed by atoms with E-state index in [0.29, 0.717) is 28.3 Å². The molecule has 3 heterocycles. The van der Waals surface area contributed by atoms with Crippen LogP contribution in [0.25, 0.3) is 11.3 Å². The van der Waals surface area contributed by atoms with Crippen LogP contribution in [0.5, 0.6) is 5.75 Å². The van der Waals surface area contributed by atoms with Crippen LogP contribution in [-0.2, 0) is 16.0 Å². The molecule has 1 aliphatic rings. The molecule has 1 fully saturated rings. The molecule has 3 aromatic rings. The van der Waals surface area contributed by atoms with Gasteiger partial charge in [0.1, 0.15) is 5.75 Å². The molecule has 1 saturated heterocycles. The minimum Gasteiger partial charge on any atom is -0.492 e. The number of anilines is 1. The Balaban J connectivity index is 1.65. The summed E-state index contributed by atoms with van der Waals surface area (Å²) in [6, 6.07) is 5.38.